The van der Waals surface area contributed by atoms with Gasteiger partial charge in [-0.1, -0.05) is 17.7 Å². The Bertz CT molecular complexity index is 1110. The molecule has 0 atom stereocenters. The monoisotopic (exact) mass is 434 g/mol. The molecule has 1 heterocycles. The third-order valence-corrected chi connectivity index (χ3v) is 7.90. The number of anilines is 1. The van der Waals surface area contributed by atoms with E-state index in [4.69, 9.17) is 0 Å². The number of hydrogen-bond acceptors (Lipinski definition) is 4. The predicted molar refractivity (Wildman–Crippen MR) is 117 cm³/mol. The molecule has 8 heteroatoms. The van der Waals surface area contributed by atoms with Crippen LogP contribution in [0.5, 0.6) is 0 Å². The molecule has 0 radical (unpaired) electrons. The topological polar surface area (TPSA) is 83.5 Å². The number of nitrogens with zero attached hydrogens (tertiary/aromatic N) is 1. The van der Waals surface area contributed by atoms with Crippen molar-refractivity contribution < 1.29 is 16.8 Å². The first-order valence-corrected chi connectivity index (χ1v) is 12.5. The van der Waals surface area contributed by atoms with Gasteiger partial charge in [0.05, 0.1) is 10.3 Å². The lowest BCUT2D eigenvalue weighted by Crippen LogP contribution is -2.27. The van der Waals surface area contributed by atoms with E-state index in [1.54, 1.807) is 6.08 Å². The van der Waals surface area contributed by atoms with Crippen molar-refractivity contribution in [2.45, 2.75) is 38.5 Å². The molecule has 0 saturated carbocycles. The fraction of sp³-hybridized carbons (Fsp3) is 0.333. The van der Waals surface area contributed by atoms with Crippen LogP contribution in [0.15, 0.2) is 46.7 Å². The second kappa shape index (κ2) is 8.30. The molecule has 3 rings (SSSR count). The Hall–Kier alpha value is -2.16. The Morgan fingerprint density at radius 1 is 0.897 bits per heavy atom. The molecule has 0 bridgehead atoms. The van der Waals surface area contributed by atoms with Crippen LogP contribution in [0.25, 0.3) is 6.08 Å². The van der Waals surface area contributed by atoms with Crippen LogP contribution < -0.4 is 4.72 Å². The standard InChI is InChI=1S/C21H26N2O4S2/c1-16-14-17(2)21(18(3)15-16)10-13-28(24,25)22-19-6-8-20(9-7-19)29(26,27)23-11-4-5-12-23/h6-10,13-15,22H,4-5,11-12H2,1-3H3/b13-10+. The highest BCUT2D eigenvalue weighted by Crippen LogP contribution is 2.23. The second-order valence-electron chi connectivity index (χ2n) is 7.40. The van der Waals surface area contributed by atoms with Gasteiger partial charge >= 0.3 is 0 Å². The van der Waals surface area contributed by atoms with Crippen LogP contribution in [0.3, 0.4) is 0 Å². The van der Waals surface area contributed by atoms with Crippen LogP contribution in [0.1, 0.15) is 35.1 Å². The van der Waals surface area contributed by atoms with Crippen LogP contribution in [0, 0.1) is 20.8 Å². The van der Waals surface area contributed by atoms with E-state index in [1.165, 1.54) is 28.6 Å². The first-order chi connectivity index (χ1) is 13.6. The second-order valence-corrected chi connectivity index (χ2v) is 10.9. The van der Waals surface area contributed by atoms with Crippen molar-refractivity contribution in [3.8, 4) is 0 Å². The summed E-state index contributed by atoms with van der Waals surface area (Å²) in [5, 5.41) is 1.13. The van der Waals surface area contributed by atoms with Crippen molar-refractivity contribution >= 4 is 31.8 Å². The van der Waals surface area contributed by atoms with Gasteiger partial charge in [-0.3, -0.25) is 4.72 Å². The smallest absolute Gasteiger partial charge is 0.255 e. The van der Waals surface area contributed by atoms with Gasteiger partial charge in [0.2, 0.25) is 10.0 Å². The molecule has 29 heavy (non-hydrogen) atoms. The van der Waals surface area contributed by atoms with Crippen molar-refractivity contribution in [1.29, 1.82) is 0 Å². The van der Waals surface area contributed by atoms with Crippen molar-refractivity contribution in [1.82, 2.24) is 4.31 Å². The van der Waals surface area contributed by atoms with Crippen LogP contribution in [-0.4, -0.2) is 34.2 Å². The molecule has 1 N–H and O–H groups in total. The molecule has 156 valence electrons. The van der Waals surface area contributed by atoms with Gasteiger partial charge in [0, 0.05) is 18.8 Å². The lowest BCUT2D eigenvalue weighted by molar-refractivity contribution is 0.477. The van der Waals surface area contributed by atoms with Crippen molar-refractivity contribution in [3.63, 3.8) is 0 Å². The normalized spacial score (nSPS) is 15.8. The summed E-state index contributed by atoms with van der Waals surface area (Å²) in [5.41, 5.74) is 4.32. The van der Waals surface area contributed by atoms with Crippen molar-refractivity contribution in [2.75, 3.05) is 17.8 Å². The summed E-state index contributed by atoms with van der Waals surface area (Å²) in [5.74, 6) is 0. The molecule has 1 aliphatic rings. The Kier molecular flexibility index (Phi) is 6.16. The fourth-order valence-corrected chi connectivity index (χ4v) is 5.95. The Labute approximate surface area is 173 Å². The Morgan fingerprint density at radius 3 is 2.00 bits per heavy atom. The van der Waals surface area contributed by atoms with E-state index < -0.39 is 20.0 Å². The summed E-state index contributed by atoms with van der Waals surface area (Å²) in [7, 11) is -7.25. The van der Waals surface area contributed by atoms with Gasteiger partial charge in [0.15, 0.2) is 0 Å². The Balaban J connectivity index is 1.75. The molecular formula is C21H26N2O4S2. The van der Waals surface area contributed by atoms with Crippen LogP contribution in [0.4, 0.5) is 5.69 Å². The molecule has 1 aliphatic heterocycles. The maximum absolute atomic E-state index is 12.6. The fourth-order valence-electron chi connectivity index (χ4n) is 3.58. The highest BCUT2D eigenvalue weighted by molar-refractivity contribution is 7.95. The quantitative estimate of drug-likeness (QED) is 0.749. The average Bonchev–Trinajstić information content (AvgIpc) is 3.16. The van der Waals surface area contributed by atoms with E-state index in [0.717, 1.165) is 40.5 Å². The third-order valence-electron chi connectivity index (χ3n) is 4.97. The van der Waals surface area contributed by atoms with Gasteiger partial charge in [0.25, 0.3) is 10.0 Å². The number of rotatable bonds is 6. The van der Waals surface area contributed by atoms with E-state index >= 15 is 0 Å². The van der Waals surface area contributed by atoms with Crippen molar-refractivity contribution in [3.05, 3.63) is 64.1 Å². The molecular weight excluding hydrogens is 408 g/mol. The van der Waals surface area contributed by atoms with E-state index in [2.05, 4.69) is 4.72 Å². The maximum Gasteiger partial charge on any atom is 0.255 e. The summed E-state index contributed by atoms with van der Waals surface area (Å²) < 4.78 is 53.9. The van der Waals surface area contributed by atoms with Crippen LogP contribution >= 0.6 is 0 Å². The summed E-state index contributed by atoms with van der Waals surface area (Å²) in [6, 6.07) is 9.82. The first kappa shape index (κ1) is 21.5. The van der Waals surface area contributed by atoms with E-state index in [1.807, 2.05) is 32.9 Å². The minimum atomic E-state index is -3.73. The molecule has 0 aliphatic carbocycles. The van der Waals surface area contributed by atoms with E-state index in [0.29, 0.717) is 18.8 Å². The molecule has 1 saturated heterocycles. The minimum Gasteiger partial charge on any atom is -0.280 e. The average molecular weight is 435 g/mol. The van der Waals surface area contributed by atoms with Crippen molar-refractivity contribution in [2.24, 2.45) is 0 Å². The highest BCUT2D eigenvalue weighted by Gasteiger charge is 2.27. The van der Waals surface area contributed by atoms with E-state index in [9.17, 15) is 16.8 Å². The first-order valence-electron chi connectivity index (χ1n) is 9.47. The van der Waals surface area contributed by atoms with Crippen LogP contribution in [-0.2, 0) is 20.0 Å². The zero-order chi connectivity index (χ0) is 21.2. The van der Waals surface area contributed by atoms with Gasteiger partial charge in [-0.05, 0) is 80.6 Å². The zero-order valence-corrected chi connectivity index (χ0v) is 18.5. The van der Waals surface area contributed by atoms with Gasteiger partial charge in [0.1, 0.15) is 0 Å². The summed E-state index contributed by atoms with van der Waals surface area (Å²) in [6.07, 6.45) is 3.31. The van der Waals surface area contributed by atoms with Gasteiger partial charge < -0.3 is 0 Å². The highest BCUT2D eigenvalue weighted by atomic mass is 32.2. The summed E-state index contributed by atoms with van der Waals surface area (Å²) in [4.78, 5) is 0.170. The number of nitrogens with one attached hydrogen (secondary N) is 1. The molecule has 2 aromatic carbocycles. The van der Waals surface area contributed by atoms with Gasteiger partial charge in [-0.25, -0.2) is 16.8 Å². The largest absolute Gasteiger partial charge is 0.280 e. The summed E-state index contributed by atoms with van der Waals surface area (Å²) >= 11 is 0. The number of benzene rings is 2. The van der Waals surface area contributed by atoms with E-state index in [-0.39, 0.29) is 4.90 Å². The molecule has 0 amide bonds. The lowest BCUT2D eigenvalue weighted by atomic mass is 10.0. The molecule has 6 nitrogen and oxygen atoms in total. The number of hydrogen-bond donors (Lipinski definition) is 1. The summed E-state index contributed by atoms with van der Waals surface area (Å²) in [6.45, 7) is 6.94. The Morgan fingerprint density at radius 2 is 1.45 bits per heavy atom. The maximum atomic E-state index is 12.6. The predicted octanol–water partition coefficient (Wildman–Crippen LogP) is 3.81. The van der Waals surface area contributed by atoms with Gasteiger partial charge in [-0.15, -0.1) is 0 Å². The molecule has 0 unspecified atom stereocenters. The van der Waals surface area contributed by atoms with Gasteiger partial charge in [-0.2, -0.15) is 4.31 Å². The third kappa shape index (κ3) is 5.07. The van der Waals surface area contributed by atoms with Crippen LogP contribution in [0.2, 0.25) is 0 Å². The molecule has 2 aromatic rings. The lowest BCUT2D eigenvalue weighted by Gasteiger charge is -2.15. The minimum absolute atomic E-state index is 0.170. The number of aryl methyl sites for hydroxylation is 3. The zero-order valence-electron chi connectivity index (χ0n) is 16.8. The molecule has 1 fully saturated rings. The SMILES string of the molecule is Cc1cc(C)c(/C=C/S(=O)(=O)Nc2ccc(S(=O)(=O)N3CCCC3)cc2)c(C)c1. The molecule has 0 spiro atoms. The molecule has 0 aromatic heterocycles. The number of sulfonamides is 2.